The number of rotatable bonds is 4. The lowest BCUT2D eigenvalue weighted by Crippen LogP contribution is -2.42. The first-order valence-electron chi connectivity index (χ1n) is 8.38. The molecule has 0 aromatic heterocycles. The van der Waals surface area contributed by atoms with E-state index in [0.717, 1.165) is 31.5 Å². The Labute approximate surface area is 143 Å². The van der Waals surface area contributed by atoms with E-state index in [9.17, 15) is 13.2 Å². The van der Waals surface area contributed by atoms with Crippen molar-refractivity contribution in [2.75, 3.05) is 36.7 Å². The highest BCUT2D eigenvalue weighted by Crippen LogP contribution is 2.31. The number of benzene rings is 1. The molecule has 0 aliphatic carbocycles. The molecule has 0 unspecified atom stereocenters. The second-order valence-electron chi connectivity index (χ2n) is 7.17. The monoisotopic (exact) mass is 351 g/mol. The second kappa shape index (κ2) is 6.37. The summed E-state index contributed by atoms with van der Waals surface area (Å²) in [7, 11) is -3.26. The van der Waals surface area contributed by atoms with E-state index < -0.39 is 10.0 Å². The average Bonchev–Trinajstić information content (AvgIpc) is 2.96. The number of fused-ring (bicyclic) bond motifs is 1. The molecule has 1 aromatic rings. The molecule has 1 aromatic carbocycles. The van der Waals surface area contributed by atoms with Crippen LogP contribution in [0.3, 0.4) is 0 Å². The zero-order valence-electron chi connectivity index (χ0n) is 14.3. The lowest BCUT2D eigenvalue weighted by atomic mass is 9.81. The second-order valence-corrected chi connectivity index (χ2v) is 9.08. The largest absolute Gasteiger partial charge is 0.351 e. The third-order valence-electron chi connectivity index (χ3n) is 5.08. The molecule has 2 N–H and O–H groups in total. The molecule has 2 heterocycles. The molecule has 0 atom stereocenters. The zero-order chi connectivity index (χ0) is 17.4. The summed E-state index contributed by atoms with van der Waals surface area (Å²) in [4.78, 5) is 12.4. The quantitative estimate of drug-likeness (QED) is 0.852. The van der Waals surface area contributed by atoms with Gasteiger partial charge in [0.25, 0.3) is 5.91 Å². The molecular formula is C17H25N3O3S. The minimum Gasteiger partial charge on any atom is -0.351 e. The Bertz CT molecular complexity index is 739. The number of hydrogen-bond donors (Lipinski definition) is 2. The molecule has 7 heteroatoms. The standard InChI is InChI=1S/C17H25N3O3S/c1-17(6-8-18-9-7-17)12-19-16(21)14-3-4-15-13(11-14)5-10-20(15)24(2,22)23/h3-4,11,18H,5-10,12H2,1-2H3,(H,19,21). The number of anilines is 1. The van der Waals surface area contributed by atoms with Gasteiger partial charge in [0.15, 0.2) is 0 Å². The number of carbonyl (C=O) groups is 1. The van der Waals surface area contributed by atoms with E-state index in [2.05, 4.69) is 17.6 Å². The van der Waals surface area contributed by atoms with Crippen LogP contribution in [0, 0.1) is 5.41 Å². The van der Waals surface area contributed by atoms with Crippen LogP contribution in [0.1, 0.15) is 35.7 Å². The highest BCUT2D eigenvalue weighted by atomic mass is 32.2. The third-order valence-corrected chi connectivity index (χ3v) is 6.26. The summed E-state index contributed by atoms with van der Waals surface area (Å²) in [6.45, 7) is 5.31. The molecule has 0 saturated carbocycles. The highest BCUT2D eigenvalue weighted by molar-refractivity contribution is 7.92. The molecule has 1 saturated heterocycles. The van der Waals surface area contributed by atoms with Crippen molar-refractivity contribution in [3.8, 4) is 0 Å². The van der Waals surface area contributed by atoms with E-state index in [1.165, 1.54) is 10.6 Å². The van der Waals surface area contributed by atoms with Crippen LogP contribution >= 0.6 is 0 Å². The number of carbonyl (C=O) groups excluding carboxylic acids is 1. The fourth-order valence-electron chi connectivity index (χ4n) is 3.46. The van der Waals surface area contributed by atoms with Crippen LogP contribution in [0.15, 0.2) is 18.2 Å². The molecule has 2 aliphatic rings. The van der Waals surface area contributed by atoms with Crippen LogP contribution in [0.25, 0.3) is 0 Å². The van der Waals surface area contributed by atoms with Crippen molar-refractivity contribution in [2.45, 2.75) is 26.2 Å². The van der Waals surface area contributed by atoms with E-state index in [1.54, 1.807) is 12.1 Å². The van der Waals surface area contributed by atoms with E-state index in [4.69, 9.17) is 0 Å². The maximum Gasteiger partial charge on any atom is 0.251 e. The van der Waals surface area contributed by atoms with Gasteiger partial charge in [0.05, 0.1) is 11.9 Å². The van der Waals surface area contributed by atoms with Crippen LogP contribution in [-0.2, 0) is 16.4 Å². The summed E-state index contributed by atoms with van der Waals surface area (Å²) < 4.78 is 24.9. The lowest BCUT2D eigenvalue weighted by molar-refractivity contribution is 0.0922. The summed E-state index contributed by atoms with van der Waals surface area (Å²) in [5.41, 5.74) is 2.35. The predicted octanol–water partition coefficient (Wildman–Crippen LogP) is 1.13. The van der Waals surface area contributed by atoms with Gasteiger partial charge < -0.3 is 10.6 Å². The number of sulfonamides is 1. The number of nitrogens with one attached hydrogen (secondary N) is 2. The van der Waals surface area contributed by atoms with Gasteiger partial charge in [-0.15, -0.1) is 0 Å². The van der Waals surface area contributed by atoms with E-state index in [1.807, 2.05) is 6.07 Å². The van der Waals surface area contributed by atoms with Gasteiger partial charge in [0.2, 0.25) is 10.0 Å². The van der Waals surface area contributed by atoms with Crippen molar-refractivity contribution >= 4 is 21.6 Å². The Morgan fingerprint density at radius 2 is 2.04 bits per heavy atom. The fourth-order valence-corrected chi connectivity index (χ4v) is 4.42. The Morgan fingerprint density at radius 1 is 1.33 bits per heavy atom. The van der Waals surface area contributed by atoms with Gasteiger partial charge in [0, 0.05) is 18.7 Å². The van der Waals surface area contributed by atoms with Crippen molar-refractivity contribution in [1.29, 1.82) is 0 Å². The van der Waals surface area contributed by atoms with Crippen molar-refractivity contribution in [2.24, 2.45) is 5.41 Å². The maximum absolute atomic E-state index is 12.4. The van der Waals surface area contributed by atoms with Crippen LogP contribution in [0.5, 0.6) is 0 Å². The Kier molecular flexibility index (Phi) is 4.57. The number of hydrogen-bond acceptors (Lipinski definition) is 4. The van der Waals surface area contributed by atoms with Crippen LogP contribution in [0.4, 0.5) is 5.69 Å². The van der Waals surface area contributed by atoms with Gasteiger partial charge in [-0.1, -0.05) is 6.92 Å². The van der Waals surface area contributed by atoms with E-state index >= 15 is 0 Å². The summed E-state index contributed by atoms with van der Waals surface area (Å²) >= 11 is 0. The minimum absolute atomic E-state index is 0.0876. The molecule has 2 aliphatic heterocycles. The normalized spacial score (nSPS) is 19.8. The van der Waals surface area contributed by atoms with Crippen molar-refractivity contribution in [1.82, 2.24) is 10.6 Å². The topological polar surface area (TPSA) is 78.5 Å². The summed E-state index contributed by atoms with van der Waals surface area (Å²) in [6, 6.07) is 5.27. The van der Waals surface area contributed by atoms with Crippen LogP contribution in [-0.4, -0.2) is 46.8 Å². The third kappa shape index (κ3) is 3.57. The smallest absolute Gasteiger partial charge is 0.251 e. The Balaban J connectivity index is 1.69. The van der Waals surface area contributed by atoms with Gasteiger partial charge in [0.1, 0.15) is 0 Å². The first-order chi connectivity index (χ1) is 11.3. The molecule has 132 valence electrons. The molecule has 6 nitrogen and oxygen atoms in total. The molecule has 0 spiro atoms. The number of piperidine rings is 1. The predicted molar refractivity (Wildman–Crippen MR) is 94.9 cm³/mol. The average molecular weight is 351 g/mol. The first kappa shape index (κ1) is 17.2. The van der Waals surface area contributed by atoms with E-state index in [-0.39, 0.29) is 11.3 Å². The van der Waals surface area contributed by atoms with Crippen molar-refractivity contribution < 1.29 is 13.2 Å². The maximum atomic E-state index is 12.4. The van der Waals surface area contributed by atoms with Gasteiger partial charge in [-0.25, -0.2) is 8.42 Å². The fraction of sp³-hybridized carbons (Fsp3) is 0.588. The van der Waals surface area contributed by atoms with Gasteiger partial charge in [-0.3, -0.25) is 9.10 Å². The lowest BCUT2D eigenvalue weighted by Gasteiger charge is -2.34. The summed E-state index contributed by atoms with van der Waals surface area (Å²) in [5, 5.41) is 6.38. The van der Waals surface area contributed by atoms with Gasteiger partial charge in [-0.2, -0.15) is 0 Å². The van der Waals surface area contributed by atoms with E-state index in [0.29, 0.717) is 30.8 Å². The van der Waals surface area contributed by atoms with Gasteiger partial charge in [-0.05, 0) is 61.5 Å². The molecule has 24 heavy (non-hydrogen) atoms. The SMILES string of the molecule is CC1(CNC(=O)c2ccc3c(c2)CCN3S(C)(=O)=O)CCNCC1. The molecule has 0 bridgehead atoms. The van der Waals surface area contributed by atoms with Crippen LogP contribution in [0.2, 0.25) is 0 Å². The number of amides is 1. The molecule has 3 rings (SSSR count). The Hall–Kier alpha value is -1.60. The Morgan fingerprint density at radius 3 is 2.71 bits per heavy atom. The molecule has 1 fully saturated rings. The highest BCUT2D eigenvalue weighted by Gasteiger charge is 2.29. The van der Waals surface area contributed by atoms with Crippen LogP contribution < -0.4 is 14.9 Å². The molecule has 1 amide bonds. The zero-order valence-corrected chi connectivity index (χ0v) is 15.1. The summed E-state index contributed by atoms with van der Waals surface area (Å²) in [5.74, 6) is -0.0876. The summed E-state index contributed by atoms with van der Waals surface area (Å²) in [6.07, 6.45) is 3.97. The minimum atomic E-state index is -3.26. The first-order valence-corrected chi connectivity index (χ1v) is 10.2. The van der Waals surface area contributed by atoms with Crippen molar-refractivity contribution in [3.05, 3.63) is 29.3 Å². The van der Waals surface area contributed by atoms with Crippen molar-refractivity contribution in [3.63, 3.8) is 0 Å². The molecular weight excluding hydrogens is 326 g/mol. The number of nitrogens with zero attached hydrogens (tertiary/aromatic N) is 1. The van der Waals surface area contributed by atoms with Gasteiger partial charge >= 0.3 is 0 Å². The molecule has 0 radical (unpaired) electrons.